The maximum absolute atomic E-state index is 12.3. The molecule has 4 nitrogen and oxygen atoms in total. The molecule has 0 atom stereocenters. The van der Waals surface area contributed by atoms with Gasteiger partial charge in [-0.1, -0.05) is 13.3 Å². The number of halogens is 3. The van der Waals surface area contributed by atoms with Crippen LogP contribution in [-0.4, -0.2) is 18.7 Å². The molecule has 0 bridgehead atoms. The van der Waals surface area contributed by atoms with Crippen molar-refractivity contribution < 1.29 is 22.7 Å². The number of benzene rings is 1. The third-order valence-corrected chi connectivity index (χ3v) is 2.25. The molecule has 1 amide bonds. The van der Waals surface area contributed by atoms with Crippen molar-refractivity contribution in [1.29, 1.82) is 0 Å². The topological polar surface area (TPSA) is 50.7 Å². The number of carbonyl (C=O) groups is 1. The second-order valence-corrected chi connectivity index (χ2v) is 3.95. The third kappa shape index (κ3) is 5.73. The van der Waals surface area contributed by atoms with Gasteiger partial charge in [-0.3, -0.25) is 4.79 Å². The van der Waals surface area contributed by atoms with Crippen LogP contribution in [0.15, 0.2) is 29.4 Å². The molecule has 1 N–H and O–H groups in total. The average molecular weight is 288 g/mol. The Kier molecular flexibility index (Phi) is 6.02. The fraction of sp³-hybridized carbons (Fsp3) is 0.385. The van der Waals surface area contributed by atoms with Crippen LogP contribution in [0.1, 0.15) is 25.3 Å². The molecule has 0 spiro atoms. The van der Waals surface area contributed by atoms with E-state index in [4.69, 9.17) is 4.74 Å². The normalized spacial score (nSPS) is 11.6. The fourth-order valence-electron chi connectivity index (χ4n) is 1.23. The van der Waals surface area contributed by atoms with Gasteiger partial charge in [0, 0.05) is 6.21 Å². The summed E-state index contributed by atoms with van der Waals surface area (Å²) in [6.45, 7) is 1.66. The third-order valence-electron chi connectivity index (χ3n) is 2.25. The predicted octanol–water partition coefficient (Wildman–Crippen LogP) is 2.99. The van der Waals surface area contributed by atoms with Crippen molar-refractivity contribution in [2.24, 2.45) is 5.10 Å². The lowest BCUT2D eigenvalue weighted by molar-refractivity contribution is -0.137. The largest absolute Gasteiger partial charge is 0.484 e. The van der Waals surface area contributed by atoms with Gasteiger partial charge >= 0.3 is 6.18 Å². The van der Waals surface area contributed by atoms with Crippen LogP contribution in [0.4, 0.5) is 13.2 Å². The van der Waals surface area contributed by atoms with E-state index in [1.807, 2.05) is 6.92 Å². The molecule has 0 fully saturated rings. The quantitative estimate of drug-likeness (QED) is 0.646. The molecule has 7 heteroatoms. The second kappa shape index (κ2) is 7.52. The minimum atomic E-state index is -4.39. The van der Waals surface area contributed by atoms with E-state index in [0.29, 0.717) is 0 Å². The maximum Gasteiger partial charge on any atom is 0.416 e. The van der Waals surface area contributed by atoms with Crippen molar-refractivity contribution in [3.8, 4) is 5.75 Å². The summed E-state index contributed by atoms with van der Waals surface area (Å²) in [7, 11) is 0. The zero-order valence-electron chi connectivity index (χ0n) is 10.9. The van der Waals surface area contributed by atoms with E-state index in [0.717, 1.165) is 37.1 Å². The average Bonchev–Trinajstić information content (AvgIpc) is 2.41. The number of unbranched alkanes of at least 4 members (excludes halogenated alkanes) is 1. The van der Waals surface area contributed by atoms with Crippen LogP contribution in [0.25, 0.3) is 0 Å². The van der Waals surface area contributed by atoms with Crippen molar-refractivity contribution in [3.05, 3.63) is 29.8 Å². The summed E-state index contributed by atoms with van der Waals surface area (Å²) in [5.74, 6) is -0.289. The van der Waals surface area contributed by atoms with Crippen LogP contribution in [0.5, 0.6) is 5.75 Å². The standard InChI is InChI=1S/C13H15F3N2O2/c1-2-3-8-17-18-12(19)9-20-11-6-4-10(5-7-11)13(14,15)16/h4-8H,2-3,9H2,1H3,(H,18,19)/b17-8+. The molecule has 1 rings (SSSR count). The number of carbonyl (C=O) groups excluding carboxylic acids is 1. The molecular formula is C13H15F3N2O2. The summed E-state index contributed by atoms with van der Waals surface area (Å²) < 4.78 is 42.0. The Morgan fingerprint density at radius 3 is 2.55 bits per heavy atom. The summed E-state index contributed by atoms with van der Waals surface area (Å²) >= 11 is 0. The lowest BCUT2D eigenvalue weighted by Crippen LogP contribution is -2.24. The van der Waals surface area contributed by atoms with Crippen molar-refractivity contribution in [2.45, 2.75) is 25.9 Å². The van der Waals surface area contributed by atoms with E-state index < -0.39 is 17.6 Å². The minimum Gasteiger partial charge on any atom is -0.484 e. The molecule has 0 saturated heterocycles. The van der Waals surface area contributed by atoms with Crippen LogP contribution in [0, 0.1) is 0 Å². The van der Waals surface area contributed by atoms with Crippen LogP contribution >= 0.6 is 0 Å². The van der Waals surface area contributed by atoms with E-state index >= 15 is 0 Å². The predicted molar refractivity (Wildman–Crippen MR) is 68.5 cm³/mol. The first-order chi connectivity index (χ1) is 9.43. The Morgan fingerprint density at radius 1 is 1.35 bits per heavy atom. The molecule has 1 aromatic carbocycles. The van der Waals surface area contributed by atoms with Crippen molar-refractivity contribution >= 4 is 12.1 Å². The van der Waals surface area contributed by atoms with Crippen molar-refractivity contribution in [2.75, 3.05) is 6.61 Å². The van der Waals surface area contributed by atoms with Gasteiger partial charge in [-0.25, -0.2) is 5.43 Å². The summed E-state index contributed by atoms with van der Waals surface area (Å²) in [5.41, 5.74) is 1.48. The van der Waals surface area contributed by atoms with Gasteiger partial charge < -0.3 is 4.74 Å². The van der Waals surface area contributed by atoms with E-state index in [-0.39, 0.29) is 12.4 Å². The highest BCUT2D eigenvalue weighted by atomic mass is 19.4. The number of ether oxygens (including phenoxy) is 1. The van der Waals surface area contributed by atoms with Crippen LogP contribution < -0.4 is 10.2 Å². The number of alkyl halides is 3. The molecule has 0 saturated carbocycles. The Morgan fingerprint density at radius 2 is 2.00 bits per heavy atom. The summed E-state index contributed by atoms with van der Waals surface area (Å²) in [6.07, 6.45) is -1.15. The SMILES string of the molecule is CCC/C=N/NC(=O)COc1ccc(C(F)(F)F)cc1. The zero-order valence-corrected chi connectivity index (χ0v) is 10.9. The first-order valence-corrected chi connectivity index (χ1v) is 6.04. The number of hydrazone groups is 1. The molecule has 0 unspecified atom stereocenters. The monoisotopic (exact) mass is 288 g/mol. The number of hydrogen-bond acceptors (Lipinski definition) is 3. The first kappa shape index (κ1) is 16.0. The fourth-order valence-corrected chi connectivity index (χ4v) is 1.23. The van der Waals surface area contributed by atoms with Crippen molar-refractivity contribution in [3.63, 3.8) is 0 Å². The molecule has 0 aliphatic rings. The smallest absolute Gasteiger partial charge is 0.416 e. The van der Waals surface area contributed by atoms with Crippen LogP contribution in [0.2, 0.25) is 0 Å². The molecule has 0 aliphatic heterocycles. The highest BCUT2D eigenvalue weighted by molar-refractivity contribution is 5.78. The van der Waals surface area contributed by atoms with E-state index in [9.17, 15) is 18.0 Å². The Hall–Kier alpha value is -2.05. The Labute approximate surface area is 114 Å². The number of amides is 1. The molecule has 0 radical (unpaired) electrons. The lowest BCUT2D eigenvalue weighted by atomic mass is 10.2. The molecule has 20 heavy (non-hydrogen) atoms. The van der Waals surface area contributed by atoms with Gasteiger partial charge in [-0.15, -0.1) is 0 Å². The lowest BCUT2D eigenvalue weighted by Gasteiger charge is -2.08. The molecule has 0 aromatic heterocycles. The van der Waals surface area contributed by atoms with Gasteiger partial charge in [0.1, 0.15) is 5.75 Å². The minimum absolute atomic E-state index is 0.186. The van der Waals surface area contributed by atoms with Gasteiger partial charge in [-0.05, 0) is 30.7 Å². The number of nitrogens with one attached hydrogen (secondary N) is 1. The van der Waals surface area contributed by atoms with Gasteiger partial charge in [0.2, 0.25) is 0 Å². The highest BCUT2D eigenvalue weighted by Crippen LogP contribution is 2.30. The van der Waals surface area contributed by atoms with Crippen molar-refractivity contribution in [1.82, 2.24) is 5.43 Å². The zero-order chi connectivity index (χ0) is 15.0. The van der Waals surface area contributed by atoms with E-state index in [1.165, 1.54) is 0 Å². The van der Waals surface area contributed by atoms with Gasteiger partial charge in [0.25, 0.3) is 5.91 Å². The number of hydrogen-bond donors (Lipinski definition) is 1. The van der Waals surface area contributed by atoms with Gasteiger partial charge in [-0.2, -0.15) is 18.3 Å². The first-order valence-electron chi connectivity index (χ1n) is 6.04. The molecule has 0 aliphatic carbocycles. The Balaban J connectivity index is 2.40. The molecule has 110 valence electrons. The van der Waals surface area contributed by atoms with Gasteiger partial charge in [0.05, 0.1) is 5.56 Å². The van der Waals surface area contributed by atoms with E-state index in [1.54, 1.807) is 6.21 Å². The van der Waals surface area contributed by atoms with Gasteiger partial charge in [0.15, 0.2) is 6.61 Å². The molecule has 0 heterocycles. The highest BCUT2D eigenvalue weighted by Gasteiger charge is 2.29. The second-order valence-electron chi connectivity index (χ2n) is 3.95. The summed E-state index contributed by atoms with van der Waals surface area (Å²) in [4.78, 5) is 11.3. The molecule has 1 aromatic rings. The Bertz CT molecular complexity index is 456. The number of nitrogens with zero attached hydrogens (tertiary/aromatic N) is 1. The summed E-state index contributed by atoms with van der Waals surface area (Å²) in [6, 6.07) is 4.12. The van der Waals surface area contributed by atoms with E-state index in [2.05, 4.69) is 10.5 Å². The van der Waals surface area contributed by atoms with Crippen LogP contribution in [-0.2, 0) is 11.0 Å². The van der Waals surface area contributed by atoms with Crippen LogP contribution in [0.3, 0.4) is 0 Å². The summed E-state index contributed by atoms with van der Waals surface area (Å²) in [5, 5.41) is 3.67. The number of rotatable bonds is 6. The maximum atomic E-state index is 12.3. The molecular weight excluding hydrogens is 273 g/mol.